The molecule has 0 saturated heterocycles. The Morgan fingerprint density at radius 3 is 2.32 bits per heavy atom. The van der Waals surface area contributed by atoms with Gasteiger partial charge in [-0.2, -0.15) is 10.5 Å². The molecule has 9 nitrogen and oxygen atoms in total. The summed E-state index contributed by atoms with van der Waals surface area (Å²) in [7, 11) is 0.781. The van der Waals surface area contributed by atoms with E-state index in [0.717, 1.165) is 63.7 Å². The second kappa shape index (κ2) is 18.4. The van der Waals surface area contributed by atoms with Crippen LogP contribution in [0.1, 0.15) is 92.2 Å². The number of hydrogen-bond donors (Lipinski definition) is 2. The van der Waals surface area contributed by atoms with Gasteiger partial charge in [0.25, 0.3) is 14.4 Å². The molecule has 3 aromatic carbocycles. The van der Waals surface area contributed by atoms with Crippen LogP contribution in [0.2, 0.25) is 0 Å². The van der Waals surface area contributed by atoms with E-state index < -0.39 is 14.4 Å². The third-order valence-electron chi connectivity index (χ3n) is 11.5. The Kier molecular flexibility index (Phi) is 13.7. The van der Waals surface area contributed by atoms with Crippen LogP contribution in [0.15, 0.2) is 111 Å². The topological polar surface area (TPSA) is 114 Å². The number of para-hydroxylation sites is 1. The molecule has 0 radical (unpaired) electrons. The van der Waals surface area contributed by atoms with Gasteiger partial charge in [-0.1, -0.05) is 76.2 Å². The Bertz CT molecular complexity index is 2350. The second-order valence-corrected chi connectivity index (χ2v) is 18.8. The number of anilines is 1. The van der Waals surface area contributed by atoms with Crippen molar-refractivity contribution in [2.45, 2.75) is 104 Å². The molecule has 0 spiro atoms. The quantitative estimate of drug-likeness (QED) is 0.0486. The lowest BCUT2D eigenvalue weighted by Crippen LogP contribution is -2.33. The third-order valence-corrected chi connectivity index (χ3v) is 14.1. The predicted molar refractivity (Wildman–Crippen MR) is 245 cm³/mol. The number of nitrogens with one attached hydrogen (secondary N) is 1. The summed E-state index contributed by atoms with van der Waals surface area (Å²) in [6.07, 6.45) is 6.76. The Hall–Kier alpha value is -4.54. The maximum Gasteiger partial charge on any atom is 0.262 e. The molecule has 1 unspecified atom stereocenters. The van der Waals surface area contributed by atoms with Gasteiger partial charge in [0.15, 0.2) is 0 Å². The molecule has 0 aromatic heterocycles. The highest BCUT2D eigenvalue weighted by atomic mass is 32.1. The van der Waals surface area contributed by atoms with Gasteiger partial charge in [0.05, 0.1) is 37.1 Å². The van der Waals surface area contributed by atoms with Crippen LogP contribution >= 0.6 is 21.2 Å². The van der Waals surface area contributed by atoms with Crippen molar-refractivity contribution in [3.05, 3.63) is 117 Å². The molecule has 59 heavy (non-hydrogen) atoms. The fourth-order valence-corrected chi connectivity index (χ4v) is 10.5. The summed E-state index contributed by atoms with van der Waals surface area (Å²) in [5.41, 5.74) is 7.71. The first-order chi connectivity index (χ1) is 28.1. The van der Waals surface area contributed by atoms with Crippen molar-refractivity contribution in [2.24, 2.45) is 4.99 Å². The summed E-state index contributed by atoms with van der Waals surface area (Å²) in [5.74, 6) is -0.412. The van der Waals surface area contributed by atoms with Gasteiger partial charge in [-0.25, -0.2) is 4.67 Å². The summed E-state index contributed by atoms with van der Waals surface area (Å²) >= 11 is 5.08. The van der Waals surface area contributed by atoms with Crippen molar-refractivity contribution in [1.82, 2.24) is 9.99 Å². The van der Waals surface area contributed by atoms with Crippen molar-refractivity contribution in [3.8, 4) is 12.1 Å². The van der Waals surface area contributed by atoms with Crippen LogP contribution in [0.3, 0.4) is 0 Å². The first kappa shape index (κ1) is 44.0. The number of thiol groups is 1. The third kappa shape index (κ3) is 8.71. The van der Waals surface area contributed by atoms with Crippen LogP contribution in [0.25, 0.3) is 10.8 Å². The number of benzene rings is 3. The average Bonchev–Trinajstić information content (AvgIpc) is 3.57. The van der Waals surface area contributed by atoms with Gasteiger partial charge in [-0.15, -0.1) is 12.6 Å². The summed E-state index contributed by atoms with van der Waals surface area (Å²) < 4.78 is 14.5. The fourth-order valence-electron chi connectivity index (χ4n) is 8.53. The lowest BCUT2D eigenvalue weighted by atomic mass is 9.75. The number of carbonyl (C=O) groups excluding carboxylic acids is 1. The van der Waals surface area contributed by atoms with E-state index in [-0.39, 0.29) is 28.5 Å². The van der Waals surface area contributed by atoms with Crippen LogP contribution in [0.5, 0.6) is 0 Å². The number of likely N-dealkylation sites (N-methyl/N-ethyl adjacent to an activating group) is 1. The minimum atomic E-state index is -1.30. The van der Waals surface area contributed by atoms with Crippen LogP contribution < -0.4 is 10.2 Å². The molecule has 0 saturated carbocycles. The number of nitriles is 2. The molecule has 0 bridgehead atoms. The summed E-state index contributed by atoms with van der Waals surface area (Å²) in [6, 6.07) is 25.8. The molecule has 3 aromatic rings. The number of aliphatic imine (C=N–C) groups is 1. The highest BCUT2D eigenvalue weighted by Gasteiger charge is 2.43. The average molecular weight is 829 g/mol. The van der Waals surface area contributed by atoms with E-state index in [4.69, 9.17) is 31.9 Å². The zero-order chi connectivity index (χ0) is 42.6. The molecular weight excluding hydrogens is 772 g/mol. The Morgan fingerprint density at radius 1 is 0.932 bits per heavy atom. The number of amides is 1. The standard InChI is InChI=1S/C48H57N6O3PS/c1-31(2)54(32(3)4)58(57-27-17-24-49)56-26-16-10-15-25-51-46(55)37(30-50)43-35(28-41-47(5,6)38-20-13-14-21-39(38)52-41)45(59)36(43)29-42-48(7,8)44-34-19-12-11-18-33(34)22-23-40(44)53(42)9/h11-14,18-23,28-29,31-32,59H,10,15-17,25-27H2,1-9H3,(H,51,55)/b35-28?,42-29?,43-37+. The number of unbranched alkanes of at least 4 members (excludes halogenated alkanes) is 2. The van der Waals surface area contributed by atoms with Crippen molar-refractivity contribution in [3.63, 3.8) is 0 Å². The van der Waals surface area contributed by atoms with Gasteiger partial charge in [0.2, 0.25) is 0 Å². The Morgan fingerprint density at radius 2 is 1.63 bits per heavy atom. The van der Waals surface area contributed by atoms with Crippen LogP contribution in [0, 0.1) is 22.7 Å². The molecule has 1 aliphatic carbocycles. The maximum absolute atomic E-state index is 14.0. The first-order valence-corrected chi connectivity index (χ1v) is 22.2. The number of carbonyl (C=O) groups is 1. The van der Waals surface area contributed by atoms with E-state index >= 15 is 0 Å². The fraction of sp³-hybridized carbons (Fsp3) is 0.417. The number of fused-ring (bicyclic) bond motifs is 4. The zero-order valence-corrected chi connectivity index (χ0v) is 37.7. The smallest absolute Gasteiger partial charge is 0.262 e. The second-order valence-electron chi connectivity index (χ2n) is 16.9. The van der Waals surface area contributed by atoms with Gasteiger partial charge in [-0.05, 0) is 104 Å². The number of hydrogen-bond acceptors (Lipinski definition) is 9. The van der Waals surface area contributed by atoms with Crippen LogP contribution in [-0.4, -0.2) is 55.2 Å². The van der Waals surface area contributed by atoms with Crippen molar-refractivity contribution < 1.29 is 13.8 Å². The lowest BCUT2D eigenvalue weighted by molar-refractivity contribution is -0.117. The molecule has 1 amide bonds. The zero-order valence-electron chi connectivity index (χ0n) is 35.9. The van der Waals surface area contributed by atoms with E-state index in [2.05, 4.69) is 138 Å². The van der Waals surface area contributed by atoms with Crippen molar-refractivity contribution in [1.29, 1.82) is 10.5 Å². The van der Waals surface area contributed by atoms with Gasteiger partial charge in [0, 0.05) is 58.4 Å². The number of nitrogens with zero attached hydrogens (tertiary/aromatic N) is 5. The Labute approximate surface area is 357 Å². The van der Waals surface area contributed by atoms with Gasteiger partial charge >= 0.3 is 0 Å². The molecular formula is C48H57N6O3PS. The van der Waals surface area contributed by atoms with E-state index in [0.29, 0.717) is 31.8 Å². The SMILES string of the molecule is CC(C)N(C(C)C)P(OCCC#N)OCCCCCNC(=O)/C(C#N)=C1\C(=CC2=Nc3ccccc3C2(C)C)C(S)=C1C=C1N(C)c2ccc3ccccc3c2C1(C)C. The van der Waals surface area contributed by atoms with Crippen molar-refractivity contribution in [2.75, 3.05) is 31.7 Å². The van der Waals surface area contributed by atoms with Crippen molar-refractivity contribution >= 4 is 54.9 Å². The van der Waals surface area contributed by atoms with E-state index in [1.807, 2.05) is 24.3 Å². The van der Waals surface area contributed by atoms with Crippen LogP contribution in [-0.2, 0) is 24.7 Å². The van der Waals surface area contributed by atoms with E-state index in [9.17, 15) is 10.1 Å². The van der Waals surface area contributed by atoms with Crippen LogP contribution in [0.4, 0.5) is 11.4 Å². The van der Waals surface area contributed by atoms with Gasteiger partial charge in [0.1, 0.15) is 11.6 Å². The predicted octanol–water partition coefficient (Wildman–Crippen LogP) is 11.0. The molecule has 1 N–H and O–H groups in total. The molecule has 308 valence electrons. The molecule has 6 rings (SSSR count). The number of rotatable bonds is 16. The monoisotopic (exact) mass is 828 g/mol. The van der Waals surface area contributed by atoms with Gasteiger partial charge in [-0.3, -0.25) is 9.79 Å². The van der Waals surface area contributed by atoms with Gasteiger partial charge < -0.3 is 19.3 Å². The molecule has 11 heteroatoms. The highest BCUT2D eigenvalue weighted by molar-refractivity contribution is 7.85. The lowest BCUT2D eigenvalue weighted by Gasteiger charge is -2.35. The minimum Gasteiger partial charge on any atom is -0.351 e. The first-order valence-electron chi connectivity index (χ1n) is 20.6. The van der Waals surface area contributed by atoms with E-state index in [1.165, 1.54) is 16.3 Å². The highest BCUT2D eigenvalue weighted by Crippen LogP contribution is 2.54. The molecule has 0 fully saturated rings. The summed E-state index contributed by atoms with van der Waals surface area (Å²) in [5, 5.41) is 25.2. The van der Waals surface area contributed by atoms with E-state index in [1.54, 1.807) is 0 Å². The Balaban J connectivity index is 1.24. The maximum atomic E-state index is 14.0. The largest absolute Gasteiger partial charge is 0.351 e. The minimum absolute atomic E-state index is 0.0576. The summed E-state index contributed by atoms with van der Waals surface area (Å²) in [6.45, 7) is 18.5. The number of allylic oxidation sites excluding steroid dienone is 6. The normalized spacial score (nSPS) is 19.2. The molecule has 1 atom stereocenters. The summed E-state index contributed by atoms with van der Waals surface area (Å²) in [4.78, 5) is 22.0. The molecule has 3 aliphatic rings. The molecule has 2 aliphatic heterocycles. The molecule has 2 heterocycles.